The Kier molecular flexibility index (Phi) is 7.47. The summed E-state index contributed by atoms with van der Waals surface area (Å²) in [6.45, 7) is 2.05. The molecule has 0 radical (unpaired) electrons. The lowest BCUT2D eigenvalue weighted by Crippen LogP contribution is -2.37. The summed E-state index contributed by atoms with van der Waals surface area (Å²) in [5, 5.41) is 11.9. The number of hydrogen-bond donors (Lipinski definition) is 2. The number of benzene rings is 2. The monoisotopic (exact) mass is 574 g/mol. The number of hydrogen-bond acceptors (Lipinski definition) is 7. The first-order chi connectivity index (χ1) is 19.6. The van der Waals surface area contributed by atoms with E-state index in [2.05, 4.69) is 25.5 Å². The van der Waals surface area contributed by atoms with Gasteiger partial charge in [-0.15, -0.1) is 0 Å². The summed E-state index contributed by atoms with van der Waals surface area (Å²) in [6.07, 6.45) is -2.77. The van der Waals surface area contributed by atoms with Gasteiger partial charge in [0.2, 0.25) is 0 Å². The van der Waals surface area contributed by atoms with Crippen LogP contribution >= 0.6 is 0 Å². The number of nitrogens with zero attached hydrogens (tertiary/aromatic N) is 4. The van der Waals surface area contributed by atoms with Crippen molar-refractivity contribution in [3.63, 3.8) is 0 Å². The number of carbonyl (C=O) groups excluding carboxylic acids is 1. The molecule has 1 amide bonds. The van der Waals surface area contributed by atoms with Crippen LogP contribution in [-0.2, 0) is 17.5 Å². The Morgan fingerprint density at radius 3 is 2.73 bits per heavy atom. The molecule has 0 saturated heterocycles. The highest BCUT2D eigenvalue weighted by atomic mass is 19.4. The van der Waals surface area contributed by atoms with Crippen LogP contribution in [0.1, 0.15) is 42.1 Å². The molecule has 0 aliphatic carbocycles. The van der Waals surface area contributed by atoms with Gasteiger partial charge < -0.3 is 19.6 Å². The van der Waals surface area contributed by atoms with E-state index in [4.69, 9.17) is 9.26 Å². The fourth-order valence-electron chi connectivity index (χ4n) is 4.34. The summed E-state index contributed by atoms with van der Waals surface area (Å²) in [7, 11) is 1.38. The van der Waals surface area contributed by atoms with Crippen LogP contribution in [0.25, 0.3) is 22.6 Å². The summed E-state index contributed by atoms with van der Waals surface area (Å²) < 4.78 is 80.6. The molecule has 1 unspecified atom stereocenters. The summed E-state index contributed by atoms with van der Waals surface area (Å²) in [4.78, 5) is 20.1. The van der Waals surface area contributed by atoms with Crippen LogP contribution in [0.4, 0.5) is 22.0 Å². The van der Waals surface area contributed by atoms with Gasteiger partial charge in [0.15, 0.2) is 23.4 Å². The minimum Gasteiger partial charge on any atom is -0.494 e. The van der Waals surface area contributed by atoms with E-state index < -0.39 is 35.3 Å². The number of aromatic nitrogens is 3. The highest BCUT2D eigenvalue weighted by Crippen LogP contribution is 2.40. The highest BCUT2D eigenvalue weighted by Gasteiger charge is 2.37. The number of aromatic amines is 1. The number of halogens is 5. The number of imidazole rings is 1. The maximum absolute atomic E-state index is 14.3. The Morgan fingerprint density at radius 1 is 1.20 bits per heavy atom. The fourth-order valence-corrected chi connectivity index (χ4v) is 4.34. The molecule has 0 fully saturated rings. The number of likely N-dealkylation sites (N-methyl/N-ethyl adjacent to an activating group) is 1. The predicted molar refractivity (Wildman–Crippen MR) is 137 cm³/mol. The second-order valence-corrected chi connectivity index (χ2v) is 9.08. The number of alkyl halides is 3. The van der Waals surface area contributed by atoms with E-state index in [-0.39, 0.29) is 47.3 Å². The van der Waals surface area contributed by atoms with E-state index in [0.717, 1.165) is 12.1 Å². The number of hydrazone groups is 1. The van der Waals surface area contributed by atoms with E-state index >= 15 is 0 Å². The van der Waals surface area contributed by atoms with Crippen molar-refractivity contribution in [2.24, 2.45) is 5.10 Å². The minimum atomic E-state index is -4.72. The van der Waals surface area contributed by atoms with Crippen LogP contribution in [0.15, 0.2) is 52.1 Å². The summed E-state index contributed by atoms with van der Waals surface area (Å²) in [5.74, 6) is -2.65. The molecule has 1 atom stereocenters. The van der Waals surface area contributed by atoms with Crippen LogP contribution in [-0.4, -0.2) is 45.9 Å². The van der Waals surface area contributed by atoms with Crippen molar-refractivity contribution in [3.05, 3.63) is 76.8 Å². The molecule has 41 heavy (non-hydrogen) atoms. The predicted octanol–water partition coefficient (Wildman–Crippen LogP) is 5.45. The second-order valence-electron chi connectivity index (χ2n) is 9.08. The average Bonchev–Trinajstić information content (AvgIpc) is 3.60. The number of amides is 1. The molecule has 4 aromatic rings. The molecular formula is C27H23F5N6O3. The Morgan fingerprint density at radius 2 is 2.00 bits per heavy atom. The Labute approximate surface area is 230 Å². The highest BCUT2D eigenvalue weighted by molar-refractivity contribution is 5.84. The zero-order chi connectivity index (χ0) is 29.3. The van der Waals surface area contributed by atoms with Gasteiger partial charge in [-0.25, -0.2) is 13.8 Å². The molecule has 2 aromatic heterocycles. The molecule has 0 spiro atoms. The third-order valence-corrected chi connectivity index (χ3v) is 6.30. The largest absolute Gasteiger partial charge is 0.494 e. The van der Waals surface area contributed by atoms with Gasteiger partial charge in [0.1, 0.15) is 23.0 Å². The molecule has 14 heteroatoms. The lowest BCUT2D eigenvalue weighted by molar-refractivity contribution is -0.137. The van der Waals surface area contributed by atoms with Gasteiger partial charge in [-0.05, 0) is 36.8 Å². The Bertz CT molecular complexity index is 1610. The number of rotatable bonds is 8. The summed E-state index contributed by atoms with van der Waals surface area (Å²) in [5.41, 5.74) is -0.684. The maximum atomic E-state index is 14.3. The normalized spacial score (nSPS) is 13.7. The molecule has 1 aliphatic rings. The van der Waals surface area contributed by atoms with E-state index in [1.165, 1.54) is 48.6 Å². The SMILES string of the molecule is CCCOc1ccc(-c2cc(C(C(=O)NC)N3Cc4[nH]c(-c5cccc(F)c5F)nc4C=N3)on2)c(C(F)(F)F)c1. The van der Waals surface area contributed by atoms with Crippen molar-refractivity contribution in [1.29, 1.82) is 0 Å². The minimum absolute atomic E-state index is 0.0405. The average molecular weight is 575 g/mol. The third-order valence-electron chi connectivity index (χ3n) is 6.30. The lowest BCUT2D eigenvalue weighted by atomic mass is 10.0. The third kappa shape index (κ3) is 5.49. The standard InChI is InChI=1S/C27H23F5N6O3/c1-3-9-40-14-7-8-15(17(10-14)27(30,31)32)19-11-22(41-37-19)24(26(39)33-2)38-13-21-20(12-34-38)35-25(36-21)16-5-4-6-18(28)23(16)29/h4-8,10-12,24H,3,9,13H2,1-2H3,(H,33,39)(H,35,36). The molecule has 214 valence electrons. The first-order valence-electron chi connectivity index (χ1n) is 12.5. The quantitative estimate of drug-likeness (QED) is 0.271. The number of H-pyrrole nitrogens is 1. The molecule has 2 aromatic carbocycles. The van der Waals surface area contributed by atoms with Gasteiger partial charge in [-0.2, -0.15) is 18.3 Å². The Hall–Kier alpha value is -4.75. The van der Waals surface area contributed by atoms with Gasteiger partial charge in [-0.3, -0.25) is 9.80 Å². The van der Waals surface area contributed by atoms with Gasteiger partial charge in [0.05, 0.1) is 36.2 Å². The van der Waals surface area contributed by atoms with Crippen molar-refractivity contribution < 1.29 is 36.0 Å². The second kappa shape index (κ2) is 11.0. The number of carbonyl (C=O) groups is 1. The fraction of sp³-hybridized carbons (Fsp3) is 0.259. The zero-order valence-corrected chi connectivity index (χ0v) is 21.7. The van der Waals surface area contributed by atoms with Crippen LogP contribution in [0, 0.1) is 11.6 Å². The van der Waals surface area contributed by atoms with Crippen LogP contribution < -0.4 is 10.1 Å². The summed E-state index contributed by atoms with van der Waals surface area (Å²) >= 11 is 0. The number of ether oxygens (including phenoxy) is 1. The number of nitrogens with one attached hydrogen (secondary N) is 2. The van der Waals surface area contributed by atoms with Gasteiger partial charge >= 0.3 is 6.18 Å². The first kappa shape index (κ1) is 27.8. The molecule has 5 rings (SSSR count). The molecule has 0 saturated carbocycles. The summed E-state index contributed by atoms with van der Waals surface area (Å²) in [6, 6.07) is 7.21. The van der Waals surface area contributed by atoms with Gasteiger partial charge in [0.25, 0.3) is 5.91 Å². The molecular weight excluding hydrogens is 551 g/mol. The lowest BCUT2D eigenvalue weighted by Gasteiger charge is -2.27. The molecule has 0 bridgehead atoms. The molecule has 2 N–H and O–H groups in total. The van der Waals surface area contributed by atoms with Crippen LogP contribution in [0.5, 0.6) is 5.75 Å². The van der Waals surface area contributed by atoms with Gasteiger partial charge in [-0.1, -0.05) is 18.1 Å². The van der Waals surface area contributed by atoms with Crippen molar-refractivity contribution in [1.82, 2.24) is 25.5 Å². The van der Waals surface area contributed by atoms with Crippen LogP contribution in [0.3, 0.4) is 0 Å². The maximum Gasteiger partial charge on any atom is 0.417 e. The van der Waals surface area contributed by atoms with E-state index in [1.807, 2.05) is 6.92 Å². The van der Waals surface area contributed by atoms with E-state index in [0.29, 0.717) is 17.8 Å². The van der Waals surface area contributed by atoms with Crippen LogP contribution in [0.2, 0.25) is 0 Å². The van der Waals surface area contributed by atoms with Crippen molar-refractivity contribution in [2.45, 2.75) is 32.1 Å². The number of fused-ring (bicyclic) bond motifs is 1. The van der Waals surface area contributed by atoms with E-state index in [9.17, 15) is 26.7 Å². The molecule has 3 heterocycles. The first-order valence-corrected chi connectivity index (χ1v) is 12.5. The van der Waals surface area contributed by atoms with Crippen molar-refractivity contribution >= 4 is 12.1 Å². The molecule has 9 nitrogen and oxygen atoms in total. The molecule has 1 aliphatic heterocycles. The van der Waals surface area contributed by atoms with Crippen molar-refractivity contribution in [3.8, 4) is 28.4 Å². The van der Waals surface area contributed by atoms with E-state index in [1.54, 1.807) is 0 Å². The zero-order valence-electron chi connectivity index (χ0n) is 21.7. The van der Waals surface area contributed by atoms with Crippen molar-refractivity contribution in [2.75, 3.05) is 13.7 Å². The Balaban J connectivity index is 1.46. The smallest absolute Gasteiger partial charge is 0.417 e. The topological polar surface area (TPSA) is 109 Å². The van der Waals surface area contributed by atoms with Gasteiger partial charge in [0, 0.05) is 18.7 Å².